The zero-order valence-corrected chi connectivity index (χ0v) is 15.1. The van der Waals surface area contributed by atoms with Crippen molar-refractivity contribution in [3.63, 3.8) is 0 Å². The van der Waals surface area contributed by atoms with E-state index < -0.39 is 5.82 Å². The van der Waals surface area contributed by atoms with E-state index in [1.54, 1.807) is 13.1 Å². The first kappa shape index (κ1) is 18.3. The first-order chi connectivity index (χ1) is 9.69. The number of rotatable bonds is 4. The van der Waals surface area contributed by atoms with Crippen molar-refractivity contribution in [2.45, 2.75) is 24.6 Å². The van der Waals surface area contributed by atoms with Crippen molar-refractivity contribution in [1.82, 2.24) is 10.6 Å². The molecule has 1 aromatic carbocycles. The summed E-state index contributed by atoms with van der Waals surface area (Å²) < 4.78 is 13.2. The molecule has 0 radical (unpaired) electrons. The highest BCUT2D eigenvalue weighted by atomic mass is 127. The van der Waals surface area contributed by atoms with Gasteiger partial charge in [0.2, 0.25) is 0 Å². The van der Waals surface area contributed by atoms with Crippen LogP contribution < -0.4 is 10.6 Å². The number of halogens is 2. The molecule has 0 spiro atoms. The number of phenols is 1. The molecule has 1 atom stereocenters. The van der Waals surface area contributed by atoms with Crippen LogP contribution in [0.5, 0.6) is 5.75 Å². The molecule has 1 unspecified atom stereocenters. The summed E-state index contributed by atoms with van der Waals surface area (Å²) in [4.78, 5) is 4.15. The van der Waals surface area contributed by atoms with Crippen LogP contribution in [-0.2, 0) is 6.54 Å². The van der Waals surface area contributed by atoms with Crippen LogP contribution in [-0.4, -0.2) is 35.7 Å². The van der Waals surface area contributed by atoms with Crippen LogP contribution in [0.1, 0.15) is 18.4 Å². The van der Waals surface area contributed by atoms with Gasteiger partial charge in [-0.15, -0.1) is 24.0 Å². The lowest BCUT2D eigenvalue weighted by molar-refractivity contribution is 0.431. The quantitative estimate of drug-likeness (QED) is 0.395. The Morgan fingerprint density at radius 2 is 2.29 bits per heavy atom. The van der Waals surface area contributed by atoms with Crippen molar-refractivity contribution in [2.75, 3.05) is 19.3 Å². The number of hydrogen-bond donors (Lipinski definition) is 3. The third-order valence-corrected chi connectivity index (χ3v) is 4.61. The number of thioether (sulfide) groups is 1. The zero-order chi connectivity index (χ0) is 14.4. The fourth-order valence-corrected chi connectivity index (χ4v) is 3.28. The zero-order valence-electron chi connectivity index (χ0n) is 11.9. The maximum Gasteiger partial charge on any atom is 0.191 e. The number of hydrogen-bond acceptors (Lipinski definition) is 3. The summed E-state index contributed by atoms with van der Waals surface area (Å²) in [6.07, 6.45) is 2.54. The molecule has 1 heterocycles. The molecule has 3 N–H and O–H groups in total. The highest BCUT2D eigenvalue weighted by molar-refractivity contribution is 14.0. The summed E-state index contributed by atoms with van der Waals surface area (Å²) in [5, 5.41) is 16.2. The van der Waals surface area contributed by atoms with Crippen molar-refractivity contribution in [1.29, 1.82) is 0 Å². The van der Waals surface area contributed by atoms with Crippen LogP contribution in [0.4, 0.5) is 4.39 Å². The van der Waals surface area contributed by atoms with Gasteiger partial charge in [0.05, 0.1) is 0 Å². The predicted molar refractivity (Wildman–Crippen MR) is 97.2 cm³/mol. The molecule has 0 aromatic heterocycles. The maximum absolute atomic E-state index is 13.2. The second-order valence-corrected chi connectivity index (χ2v) is 6.14. The smallest absolute Gasteiger partial charge is 0.191 e. The van der Waals surface area contributed by atoms with Crippen molar-refractivity contribution in [3.05, 3.63) is 29.6 Å². The third kappa shape index (κ3) is 5.90. The summed E-state index contributed by atoms with van der Waals surface area (Å²) in [6, 6.07) is 4.37. The van der Waals surface area contributed by atoms with Crippen LogP contribution in [0.2, 0.25) is 0 Å². The largest absolute Gasteiger partial charge is 0.505 e. The van der Waals surface area contributed by atoms with Crippen molar-refractivity contribution in [3.8, 4) is 5.75 Å². The van der Waals surface area contributed by atoms with E-state index in [1.165, 1.54) is 30.7 Å². The Hall–Kier alpha value is -0.700. The highest BCUT2D eigenvalue weighted by Gasteiger charge is 2.15. The lowest BCUT2D eigenvalue weighted by atomic mass is 10.2. The molecule has 1 aliphatic rings. The van der Waals surface area contributed by atoms with Gasteiger partial charge < -0.3 is 15.7 Å². The standard InChI is InChI=1S/C14H20FN3OS.HI/c1-16-14(18-9-11-3-2-6-20-11)17-8-10-4-5-13(19)12(15)7-10;/h4-5,7,11,19H,2-3,6,8-9H2,1H3,(H2,16,17,18);1H. The molecule has 0 bridgehead atoms. The van der Waals surface area contributed by atoms with Gasteiger partial charge in [0.15, 0.2) is 17.5 Å². The topological polar surface area (TPSA) is 56.7 Å². The van der Waals surface area contributed by atoms with E-state index >= 15 is 0 Å². The maximum atomic E-state index is 13.2. The average Bonchev–Trinajstić information content (AvgIpc) is 2.96. The van der Waals surface area contributed by atoms with Gasteiger partial charge in [-0.25, -0.2) is 4.39 Å². The molecular weight excluding hydrogens is 404 g/mol. The molecule has 118 valence electrons. The van der Waals surface area contributed by atoms with Gasteiger partial charge in [-0.05, 0) is 36.3 Å². The third-order valence-electron chi connectivity index (χ3n) is 3.22. The minimum atomic E-state index is -0.602. The lowest BCUT2D eigenvalue weighted by Gasteiger charge is -2.14. The van der Waals surface area contributed by atoms with Gasteiger partial charge >= 0.3 is 0 Å². The van der Waals surface area contributed by atoms with Crippen molar-refractivity contribution >= 4 is 41.7 Å². The molecule has 21 heavy (non-hydrogen) atoms. The molecule has 1 saturated heterocycles. The first-order valence-corrected chi connectivity index (χ1v) is 7.77. The summed E-state index contributed by atoms with van der Waals surface area (Å²) in [7, 11) is 1.72. The van der Waals surface area contributed by atoms with Gasteiger partial charge in [-0.2, -0.15) is 11.8 Å². The molecule has 1 aliphatic heterocycles. The monoisotopic (exact) mass is 425 g/mol. The van der Waals surface area contributed by atoms with E-state index in [-0.39, 0.29) is 29.7 Å². The molecule has 4 nitrogen and oxygen atoms in total. The molecule has 1 aromatic rings. The number of aromatic hydroxyl groups is 1. The molecule has 0 amide bonds. The van der Waals surface area contributed by atoms with E-state index in [2.05, 4.69) is 15.6 Å². The van der Waals surface area contributed by atoms with Crippen LogP contribution in [0.3, 0.4) is 0 Å². The highest BCUT2D eigenvalue weighted by Crippen LogP contribution is 2.25. The van der Waals surface area contributed by atoms with E-state index in [9.17, 15) is 4.39 Å². The number of benzene rings is 1. The Kier molecular flexibility index (Phi) is 8.16. The number of nitrogens with zero attached hydrogens (tertiary/aromatic N) is 1. The van der Waals surface area contributed by atoms with E-state index in [4.69, 9.17) is 5.11 Å². The van der Waals surface area contributed by atoms with Gasteiger partial charge in [0, 0.05) is 25.4 Å². The van der Waals surface area contributed by atoms with E-state index in [1.807, 2.05) is 11.8 Å². The number of nitrogens with one attached hydrogen (secondary N) is 2. The molecule has 1 fully saturated rings. The van der Waals surface area contributed by atoms with Crippen molar-refractivity contribution < 1.29 is 9.50 Å². The normalized spacial score (nSPS) is 18.2. The van der Waals surface area contributed by atoms with Gasteiger partial charge in [0.1, 0.15) is 0 Å². The summed E-state index contributed by atoms with van der Waals surface area (Å²) in [5.41, 5.74) is 0.762. The summed E-state index contributed by atoms with van der Waals surface area (Å²) in [6.45, 7) is 1.36. The van der Waals surface area contributed by atoms with Crippen LogP contribution in [0.15, 0.2) is 23.2 Å². The molecule has 7 heteroatoms. The Balaban J connectivity index is 0.00000220. The molecule has 2 rings (SSSR count). The number of guanidine groups is 1. The van der Waals surface area contributed by atoms with Gasteiger partial charge in [0.25, 0.3) is 0 Å². The van der Waals surface area contributed by atoms with Gasteiger partial charge in [-0.3, -0.25) is 4.99 Å². The minimum absolute atomic E-state index is 0. The number of aliphatic imine (C=N–C) groups is 1. The SMILES string of the molecule is CN=C(NCc1ccc(O)c(F)c1)NCC1CCCS1.I. The van der Waals surface area contributed by atoms with Crippen LogP contribution in [0.25, 0.3) is 0 Å². The Labute approximate surface area is 146 Å². The first-order valence-electron chi connectivity index (χ1n) is 6.72. The Bertz CT molecular complexity index is 481. The van der Waals surface area contributed by atoms with Crippen LogP contribution >= 0.6 is 35.7 Å². The minimum Gasteiger partial charge on any atom is -0.505 e. The summed E-state index contributed by atoms with van der Waals surface area (Å²) >= 11 is 1.99. The fourth-order valence-electron chi connectivity index (χ4n) is 2.08. The number of phenolic OH excluding ortho intramolecular Hbond substituents is 1. The van der Waals surface area contributed by atoms with Crippen LogP contribution in [0, 0.1) is 5.82 Å². The lowest BCUT2D eigenvalue weighted by Crippen LogP contribution is -2.39. The predicted octanol–water partition coefficient (Wildman–Crippen LogP) is 2.71. The van der Waals surface area contributed by atoms with E-state index in [0.29, 0.717) is 17.8 Å². The summed E-state index contributed by atoms with van der Waals surface area (Å²) in [5.74, 6) is 1.03. The molecule has 0 aliphatic carbocycles. The van der Waals surface area contributed by atoms with E-state index in [0.717, 1.165) is 12.1 Å². The van der Waals surface area contributed by atoms with Gasteiger partial charge in [-0.1, -0.05) is 6.07 Å². The molecule has 0 saturated carbocycles. The molecular formula is C14H21FIN3OS. The second-order valence-electron chi connectivity index (χ2n) is 4.73. The second kappa shape index (κ2) is 9.34. The average molecular weight is 425 g/mol. The van der Waals surface area contributed by atoms with Crippen molar-refractivity contribution in [2.24, 2.45) is 4.99 Å². The Morgan fingerprint density at radius 1 is 1.48 bits per heavy atom. The Morgan fingerprint density at radius 3 is 2.90 bits per heavy atom. The fraction of sp³-hybridized carbons (Fsp3) is 0.500.